The molecule has 1 atom stereocenters. The molecule has 1 saturated heterocycles. The lowest BCUT2D eigenvalue weighted by Gasteiger charge is -2.37. The van der Waals surface area contributed by atoms with Crippen molar-refractivity contribution in [3.63, 3.8) is 0 Å². The number of amides is 1. The number of piperazine rings is 1. The van der Waals surface area contributed by atoms with E-state index in [1.807, 2.05) is 31.3 Å². The van der Waals surface area contributed by atoms with Gasteiger partial charge in [-0.15, -0.1) is 0 Å². The van der Waals surface area contributed by atoms with Crippen LogP contribution in [0.1, 0.15) is 30.6 Å². The van der Waals surface area contributed by atoms with Crippen LogP contribution in [0.5, 0.6) is 5.75 Å². The van der Waals surface area contributed by atoms with E-state index in [1.54, 1.807) is 13.3 Å². The molecule has 1 aliphatic heterocycles. The highest BCUT2D eigenvalue weighted by Crippen LogP contribution is 2.23. The van der Waals surface area contributed by atoms with Gasteiger partial charge in [-0.25, -0.2) is 0 Å². The number of methoxy groups -OCH3 is 1. The van der Waals surface area contributed by atoms with Gasteiger partial charge in [0.1, 0.15) is 5.75 Å². The Morgan fingerprint density at radius 2 is 1.74 bits per heavy atom. The first-order valence-corrected chi connectivity index (χ1v) is 9.50. The number of ether oxygens (including phenoxy) is 1. The fourth-order valence-corrected chi connectivity index (χ4v) is 3.15. The predicted octanol–water partition coefficient (Wildman–Crippen LogP) is 2.95. The monoisotopic (exact) mass is 368 g/mol. The number of carbonyl (C=O) groups is 1. The highest BCUT2D eigenvalue weighted by Gasteiger charge is 2.19. The normalized spacial score (nSPS) is 15.4. The lowest BCUT2D eigenvalue weighted by Crippen LogP contribution is -2.46. The highest BCUT2D eigenvalue weighted by molar-refractivity contribution is 5.94. The minimum atomic E-state index is -0.0597. The largest absolute Gasteiger partial charge is 0.497 e. The van der Waals surface area contributed by atoms with E-state index in [0.717, 1.165) is 44.0 Å². The van der Waals surface area contributed by atoms with Gasteiger partial charge in [-0.2, -0.15) is 0 Å². The summed E-state index contributed by atoms with van der Waals surface area (Å²) in [6, 6.07) is 10.3. The molecule has 2 heterocycles. The van der Waals surface area contributed by atoms with Crippen LogP contribution in [0, 0.1) is 0 Å². The second-order valence-electron chi connectivity index (χ2n) is 6.89. The first-order chi connectivity index (χ1) is 13.1. The zero-order valence-corrected chi connectivity index (χ0v) is 16.3. The summed E-state index contributed by atoms with van der Waals surface area (Å²) in [6.07, 6.45) is 4.38. The summed E-state index contributed by atoms with van der Waals surface area (Å²) < 4.78 is 5.23. The van der Waals surface area contributed by atoms with Crippen molar-refractivity contribution >= 4 is 17.3 Å². The Hall–Kier alpha value is -2.76. The maximum Gasteiger partial charge on any atom is 0.253 e. The molecule has 1 aromatic heterocycles. The van der Waals surface area contributed by atoms with Gasteiger partial charge in [0.25, 0.3) is 5.91 Å². The number of nitrogens with one attached hydrogen (secondary N) is 1. The lowest BCUT2D eigenvalue weighted by molar-refractivity contribution is 0.0939. The number of anilines is 2. The molecule has 27 heavy (non-hydrogen) atoms. The van der Waals surface area contributed by atoms with Gasteiger partial charge in [0.2, 0.25) is 0 Å². The molecule has 2 aromatic rings. The maximum atomic E-state index is 12.4. The molecule has 3 rings (SSSR count). The van der Waals surface area contributed by atoms with Crippen molar-refractivity contribution < 1.29 is 9.53 Å². The van der Waals surface area contributed by atoms with Crippen molar-refractivity contribution in [2.75, 3.05) is 43.1 Å². The molecule has 6 nitrogen and oxygen atoms in total. The Labute approximate surface area is 161 Å². The lowest BCUT2D eigenvalue weighted by atomic mass is 10.2. The third-order valence-electron chi connectivity index (χ3n) is 5.06. The Kier molecular flexibility index (Phi) is 6.16. The minimum Gasteiger partial charge on any atom is -0.497 e. The van der Waals surface area contributed by atoms with E-state index in [1.165, 1.54) is 5.69 Å². The Morgan fingerprint density at radius 3 is 2.33 bits per heavy atom. The fourth-order valence-electron chi connectivity index (χ4n) is 3.15. The molecule has 0 radical (unpaired) electrons. The van der Waals surface area contributed by atoms with E-state index in [9.17, 15) is 4.79 Å². The Morgan fingerprint density at radius 1 is 1.11 bits per heavy atom. The van der Waals surface area contributed by atoms with Crippen LogP contribution >= 0.6 is 0 Å². The second kappa shape index (κ2) is 8.75. The molecule has 0 spiro atoms. The maximum absolute atomic E-state index is 12.4. The number of hydrogen-bond acceptors (Lipinski definition) is 5. The number of nitrogens with zero attached hydrogens (tertiary/aromatic N) is 3. The van der Waals surface area contributed by atoms with Crippen LogP contribution in [-0.2, 0) is 0 Å². The summed E-state index contributed by atoms with van der Waals surface area (Å²) in [7, 11) is 1.68. The predicted molar refractivity (Wildman–Crippen MR) is 109 cm³/mol. The molecule has 0 saturated carbocycles. The number of aromatic nitrogens is 1. The molecule has 1 aromatic carbocycles. The van der Waals surface area contributed by atoms with Crippen LogP contribution in [-0.4, -0.2) is 50.2 Å². The molecule has 144 valence electrons. The zero-order chi connectivity index (χ0) is 19.2. The summed E-state index contributed by atoms with van der Waals surface area (Å²) in [4.78, 5) is 21.3. The van der Waals surface area contributed by atoms with Gasteiger partial charge in [0.05, 0.1) is 24.6 Å². The number of pyridine rings is 1. The van der Waals surface area contributed by atoms with Crippen molar-refractivity contribution in [2.45, 2.75) is 26.3 Å². The number of benzene rings is 1. The van der Waals surface area contributed by atoms with E-state index in [0.29, 0.717) is 5.56 Å². The Bertz CT molecular complexity index is 755. The fraction of sp³-hybridized carbons (Fsp3) is 0.429. The summed E-state index contributed by atoms with van der Waals surface area (Å²) in [5.41, 5.74) is 2.82. The third kappa shape index (κ3) is 4.70. The molecule has 6 heteroatoms. The molecule has 1 unspecified atom stereocenters. The van der Waals surface area contributed by atoms with Crippen LogP contribution in [0.15, 0.2) is 42.7 Å². The van der Waals surface area contributed by atoms with E-state index < -0.39 is 0 Å². The summed E-state index contributed by atoms with van der Waals surface area (Å²) in [5, 5.41) is 3.00. The van der Waals surface area contributed by atoms with E-state index >= 15 is 0 Å². The van der Waals surface area contributed by atoms with Crippen molar-refractivity contribution in [1.82, 2.24) is 10.3 Å². The number of rotatable bonds is 6. The summed E-state index contributed by atoms with van der Waals surface area (Å²) in [5.74, 6) is 0.812. The highest BCUT2D eigenvalue weighted by atomic mass is 16.5. The topological polar surface area (TPSA) is 57.7 Å². The molecule has 1 fully saturated rings. The molecule has 1 aliphatic rings. The SMILES string of the molecule is CCC(C)NC(=O)c1cncc(N2CCN(c3ccc(OC)cc3)CC2)c1. The van der Waals surface area contributed by atoms with E-state index in [4.69, 9.17) is 4.74 Å². The molecular weight excluding hydrogens is 340 g/mol. The van der Waals surface area contributed by atoms with Crippen molar-refractivity contribution in [2.24, 2.45) is 0 Å². The molecule has 1 N–H and O–H groups in total. The van der Waals surface area contributed by atoms with Gasteiger partial charge in [-0.3, -0.25) is 9.78 Å². The third-order valence-corrected chi connectivity index (χ3v) is 5.06. The number of carbonyl (C=O) groups excluding carboxylic acids is 1. The molecule has 0 bridgehead atoms. The molecule has 0 aliphatic carbocycles. The van der Waals surface area contributed by atoms with E-state index in [2.05, 4.69) is 39.2 Å². The Balaban J connectivity index is 1.62. The van der Waals surface area contributed by atoms with Gasteiger partial charge in [0, 0.05) is 44.1 Å². The van der Waals surface area contributed by atoms with Gasteiger partial charge in [-0.1, -0.05) is 6.92 Å². The van der Waals surface area contributed by atoms with E-state index in [-0.39, 0.29) is 11.9 Å². The summed E-state index contributed by atoms with van der Waals surface area (Å²) >= 11 is 0. The van der Waals surface area contributed by atoms with Gasteiger partial charge in [0.15, 0.2) is 0 Å². The second-order valence-corrected chi connectivity index (χ2v) is 6.89. The van der Waals surface area contributed by atoms with Gasteiger partial charge < -0.3 is 19.9 Å². The van der Waals surface area contributed by atoms with Gasteiger partial charge >= 0.3 is 0 Å². The first-order valence-electron chi connectivity index (χ1n) is 9.50. The van der Waals surface area contributed by atoms with Gasteiger partial charge in [-0.05, 0) is 43.7 Å². The zero-order valence-electron chi connectivity index (χ0n) is 16.3. The van der Waals surface area contributed by atoms with Crippen LogP contribution < -0.4 is 19.9 Å². The van der Waals surface area contributed by atoms with Crippen LogP contribution in [0.3, 0.4) is 0 Å². The standard InChI is InChI=1S/C21H28N4O2/c1-4-16(2)23-21(26)17-13-19(15-22-14-17)25-11-9-24(10-12-25)18-5-7-20(27-3)8-6-18/h5-8,13-16H,4,9-12H2,1-3H3,(H,23,26). The van der Waals surface area contributed by atoms with Crippen molar-refractivity contribution in [1.29, 1.82) is 0 Å². The van der Waals surface area contributed by atoms with Crippen molar-refractivity contribution in [3.05, 3.63) is 48.3 Å². The quantitative estimate of drug-likeness (QED) is 0.850. The first kappa shape index (κ1) is 19.0. The molecule has 1 amide bonds. The van der Waals surface area contributed by atoms with Crippen LogP contribution in [0.25, 0.3) is 0 Å². The average Bonchev–Trinajstić information content (AvgIpc) is 2.74. The summed E-state index contributed by atoms with van der Waals surface area (Å²) in [6.45, 7) is 7.70. The van der Waals surface area contributed by atoms with Crippen LogP contribution in [0.4, 0.5) is 11.4 Å². The number of hydrogen-bond donors (Lipinski definition) is 1. The van der Waals surface area contributed by atoms with Crippen molar-refractivity contribution in [3.8, 4) is 5.75 Å². The smallest absolute Gasteiger partial charge is 0.253 e. The minimum absolute atomic E-state index is 0.0597. The molecular formula is C21H28N4O2. The van der Waals surface area contributed by atoms with Crippen LogP contribution in [0.2, 0.25) is 0 Å². The average molecular weight is 368 g/mol.